The molecular formula is C16H26N4. The molecule has 4 nitrogen and oxygen atoms in total. The van der Waals surface area contributed by atoms with Crippen LogP contribution in [0.1, 0.15) is 44.2 Å². The van der Waals surface area contributed by atoms with Gasteiger partial charge in [0.2, 0.25) is 0 Å². The summed E-state index contributed by atoms with van der Waals surface area (Å²) >= 11 is 0. The van der Waals surface area contributed by atoms with Crippen molar-refractivity contribution in [3.8, 4) is 0 Å². The van der Waals surface area contributed by atoms with Gasteiger partial charge in [0.05, 0.1) is 0 Å². The molecule has 2 N–H and O–H groups in total. The normalized spacial score (nSPS) is 23.2. The van der Waals surface area contributed by atoms with Gasteiger partial charge in [-0.1, -0.05) is 12.8 Å². The standard InChI is InChI=1S/C16H26N4/c1-13(17)14-6-7-18-16(12-14)20-10-8-19(9-11-20)15-4-2-3-5-15/h6-7,12-13,15H,2-5,8-11,17H2,1H3. The zero-order chi connectivity index (χ0) is 13.9. The number of aromatic nitrogens is 1. The van der Waals surface area contributed by atoms with Crippen LogP contribution in [-0.4, -0.2) is 42.1 Å². The van der Waals surface area contributed by atoms with E-state index in [0.717, 1.165) is 24.9 Å². The van der Waals surface area contributed by atoms with Gasteiger partial charge in [0, 0.05) is 44.5 Å². The Hall–Kier alpha value is -1.13. The molecule has 1 saturated heterocycles. The van der Waals surface area contributed by atoms with Gasteiger partial charge in [-0.05, 0) is 37.5 Å². The Bertz CT molecular complexity index is 432. The van der Waals surface area contributed by atoms with Gasteiger partial charge in [-0.3, -0.25) is 4.90 Å². The second-order valence-corrected chi connectivity index (χ2v) is 6.20. The van der Waals surface area contributed by atoms with Gasteiger partial charge in [-0.2, -0.15) is 0 Å². The number of nitrogens with zero attached hydrogens (tertiary/aromatic N) is 3. The van der Waals surface area contributed by atoms with Gasteiger partial charge in [0.15, 0.2) is 0 Å². The number of hydrogen-bond donors (Lipinski definition) is 1. The summed E-state index contributed by atoms with van der Waals surface area (Å²) in [6.45, 7) is 6.55. The van der Waals surface area contributed by atoms with E-state index in [9.17, 15) is 0 Å². The van der Waals surface area contributed by atoms with Crippen molar-refractivity contribution in [2.24, 2.45) is 5.73 Å². The predicted octanol–water partition coefficient (Wildman–Crippen LogP) is 2.17. The highest BCUT2D eigenvalue weighted by atomic mass is 15.3. The minimum atomic E-state index is 0.0801. The molecule has 1 atom stereocenters. The largest absolute Gasteiger partial charge is 0.354 e. The van der Waals surface area contributed by atoms with Crippen LogP contribution in [0.3, 0.4) is 0 Å². The molecule has 2 fully saturated rings. The fraction of sp³-hybridized carbons (Fsp3) is 0.688. The Balaban J connectivity index is 1.61. The molecule has 1 saturated carbocycles. The van der Waals surface area contributed by atoms with Crippen LogP contribution >= 0.6 is 0 Å². The lowest BCUT2D eigenvalue weighted by Crippen LogP contribution is -2.50. The number of rotatable bonds is 3. The maximum absolute atomic E-state index is 5.96. The molecule has 3 rings (SSSR count). The van der Waals surface area contributed by atoms with Crippen molar-refractivity contribution >= 4 is 5.82 Å². The van der Waals surface area contributed by atoms with Crippen LogP contribution in [0, 0.1) is 0 Å². The lowest BCUT2D eigenvalue weighted by molar-refractivity contribution is 0.187. The molecule has 1 aliphatic heterocycles. The summed E-state index contributed by atoms with van der Waals surface area (Å²) in [5.74, 6) is 1.09. The molecule has 0 spiro atoms. The molecule has 0 aromatic carbocycles. The third-order valence-corrected chi connectivity index (χ3v) is 4.77. The van der Waals surface area contributed by atoms with Crippen molar-refractivity contribution in [1.29, 1.82) is 0 Å². The summed E-state index contributed by atoms with van der Waals surface area (Å²) in [7, 11) is 0. The summed E-state index contributed by atoms with van der Waals surface area (Å²) in [5.41, 5.74) is 7.14. The van der Waals surface area contributed by atoms with Crippen molar-refractivity contribution in [2.75, 3.05) is 31.1 Å². The van der Waals surface area contributed by atoms with Crippen LogP contribution in [-0.2, 0) is 0 Å². The highest BCUT2D eigenvalue weighted by molar-refractivity contribution is 5.42. The first kappa shape index (κ1) is 13.8. The van der Waals surface area contributed by atoms with Crippen LogP contribution in [0.25, 0.3) is 0 Å². The summed E-state index contributed by atoms with van der Waals surface area (Å²) in [5, 5.41) is 0. The molecule has 4 heteroatoms. The monoisotopic (exact) mass is 274 g/mol. The van der Waals surface area contributed by atoms with Gasteiger partial charge in [-0.15, -0.1) is 0 Å². The van der Waals surface area contributed by atoms with E-state index in [-0.39, 0.29) is 6.04 Å². The fourth-order valence-corrected chi connectivity index (χ4v) is 3.48. The SMILES string of the molecule is CC(N)c1ccnc(N2CCN(C3CCCC3)CC2)c1. The molecule has 1 aliphatic carbocycles. The molecule has 1 aromatic rings. The lowest BCUT2D eigenvalue weighted by atomic mass is 10.1. The van der Waals surface area contributed by atoms with Crippen molar-refractivity contribution in [3.63, 3.8) is 0 Å². The zero-order valence-electron chi connectivity index (χ0n) is 12.5. The maximum atomic E-state index is 5.96. The predicted molar refractivity (Wildman–Crippen MR) is 82.9 cm³/mol. The van der Waals surface area contributed by atoms with Crippen molar-refractivity contribution < 1.29 is 0 Å². The van der Waals surface area contributed by atoms with E-state index in [1.165, 1.54) is 44.3 Å². The molecule has 20 heavy (non-hydrogen) atoms. The fourth-order valence-electron chi connectivity index (χ4n) is 3.48. The highest BCUT2D eigenvalue weighted by Gasteiger charge is 2.26. The Morgan fingerprint density at radius 2 is 1.90 bits per heavy atom. The minimum Gasteiger partial charge on any atom is -0.354 e. The van der Waals surface area contributed by atoms with Crippen LogP contribution in [0.5, 0.6) is 0 Å². The van der Waals surface area contributed by atoms with Crippen molar-refractivity contribution in [3.05, 3.63) is 23.9 Å². The first-order valence-electron chi connectivity index (χ1n) is 7.94. The Morgan fingerprint density at radius 3 is 2.55 bits per heavy atom. The van der Waals surface area contributed by atoms with Crippen molar-refractivity contribution in [1.82, 2.24) is 9.88 Å². The van der Waals surface area contributed by atoms with E-state index >= 15 is 0 Å². The molecule has 0 amide bonds. The van der Waals surface area contributed by atoms with Gasteiger partial charge < -0.3 is 10.6 Å². The molecular weight excluding hydrogens is 248 g/mol. The Kier molecular flexibility index (Phi) is 4.22. The van der Waals surface area contributed by atoms with Gasteiger partial charge in [0.25, 0.3) is 0 Å². The van der Waals surface area contributed by atoms with Crippen LogP contribution in [0.2, 0.25) is 0 Å². The Labute approximate surface area is 122 Å². The van der Waals surface area contributed by atoms with Gasteiger partial charge in [-0.25, -0.2) is 4.98 Å². The number of hydrogen-bond acceptors (Lipinski definition) is 4. The third-order valence-electron chi connectivity index (χ3n) is 4.77. The van der Waals surface area contributed by atoms with E-state index in [1.54, 1.807) is 0 Å². The first-order valence-corrected chi connectivity index (χ1v) is 7.94. The second-order valence-electron chi connectivity index (χ2n) is 6.20. The molecule has 2 heterocycles. The quantitative estimate of drug-likeness (QED) is 0.917. The summed E-state index contributed by atoms with van der Waals surface area (Å²) in [6, 6.07) is 5.09. The van der Waals surface area contributed by atoms with E-state index in [1.807, 2.05) is 19.2 Å². The number of pyridine rings is 1. The summed E-state index contributed by atoms with van der Waals surface area (Å²) in [6.07, 6.45) is 7.53. The average molecular weight is 274 g/mol. The molecule has 2 aliphatic rings. The lowest BCUT2D eigenvalue weighted by Gasteiger charge is -2.38. The van der Waals surface area contributed by atoms with E-state index in [4.69, 9.17) is 5.73 Å². The topological polar surface area (TPSA) is 45.4 Å². The van der Waals surface area contributed by atoms with Gasteiger partial charge >= 0.3 is 0 Å². The molecule has 0 bridgehead atoms. The summed E-state index contributed by atoms with van der Waals surface area (Å²) < 4.78 is 0. The first-order chi connectivity index (χ1) is 9.74. The van der Waals surface area contributed by atoms with Crippen LogP contribution in [0.15, 0.2) is 18.3 Å². The van der Waals surface area contributed by atoms with Crippen molar-refractivity contribution in [2.45, 2.75) is 44.7 Å². The van der Waals surface area contributed by atoms with E-state index in [2.05, 4.69) is 20.9 Å². The van der Waals surface area contributed by atoms with Gasteiger partial charge in [0.1, 0.15) is 5.82 Å². The Morgan fingerprint density at radius 1 is 1.20 bits per heavy atom. The average Bonchev–Trinajstić information content (AvgIpc) is 3.02. The molecule has 1 unspecified atom stereocenters. The van der Waals surface area contributed by atoms with E-state index in [0.29, 0.717) is 0 Å². The van der Waals surface area contributed by atoms with E-state index < -0.39 is 0 Å². The molecule has 0 radical (unpaired) electrons. The smallest absolute Gasteiger partial charge is 0.128 e. The zero-order valence-corrected chi connectivity index (χ0v) is 12.5. The minimum absolute atomic E-state index is 0.0801. The third kappa shape index (κ3) is 2.96. The number of anilines is 1. The number of nitrogens with two attached hydrogens (primary N) is 1. The number of piperazine rings is 1. The maximum Gasteiger partial charge on any atom is 0.128 e. The molecule has 110 valence electrons. The molecule has 1 aromatic heterocycles. The summed E-state index contributed by atoms with van der Waals surface area (Å²) in [4.78, 5) is 9.60. The van der Waals surface area contributed by atoms with Crippen LogP contribution < -0.4 is 10.6 Å². The van der Waals surface area contributed by atoms with Crippen LogP contribution in [0.4, 0.5) is 5.82 Å². The highest BCUT2D eigenvalue weighted by Crippen LogP contribution is 2.25. The second kappa shape index (κ2) is 6.10.